The minimum absolute atomic E-state index is 0.112. The summed E-state index contributed by atoms with van der Waals surface area (Å²) >= 11 is 0. The van der Waals surface area contributed by atoms with Gasteiger partial charge in [0.05, 0.1) is 20.3 Å². The summed E-state index contributed by atoms with van der Waals surface area (Å²) in [7, 11) is 1.44. The molecule has 1 aliphatic rings. The second-order valence-electron chi connectivity index (χ2n) is 4.27. The monoisotopic (exact) mass is 241 g/mol. The van der Waals surface area contributed by atoms with E-state index in [2.05, 4.69) is 22.6 Å². The van der Waals surface area contributed by atoms with E-state index in [0.29, 0.717) is 6.42 Å². The number of hydrogen-bond acceptors (Lipinski definition) is 4. The van der Waals surface area contributed by atoms with Crippen molar-refractivity contribution in [2.75, 3.05) is 33.4 Å². The van der Waals surface area contributed by atoms with Gasteiger partial charge in [-0.25, -0.2) is 0 Å². The zero-order valence-electron chi connectivity index (χ0n) is 10.9. The largest absolute Gasteiger partial charge is 0.469 e. The third kappa shape index (κ3) is 5.73. The molecule has 0 bridgehead atoms. The summed E-state index contributed by atoms with van der Waals surface area (Å²) in [6.45, 7) is 5.78. The van der Waals surface area contributed by atoms with E-state index in [-0.39, 0.29) is 5.97 Å². The SMILES string of the molecule is COC(=O)CCCC/C=C(\C)N1CCOCC1. The molecule has 0 aromatic rings. The summed E-state index contributed by atoms with van der Waals surface area (Å²) in [5, 5.41) is 0. The average molecular weight is 241 g/mol. The van der Waals surface area contributed by atoms with Gasteiger partial charge in [0.2, 0.25) is 0 Å². The number of rotatable bonds is 6. The molecule has 0 amide bonds. The number of methoxy groups -OCH3 is 1. The maximum absolute atomic E-state index is 10.9. The molecule has 1 heterocycles. The number of carbonyl (C=O) groups excluding carboxylic acids is 1. The molecule has 0 aromatic heterocycles. The first-order valence-electron chi connectivity index (χ1n) is 6.30. The molecule has 98 valence electrons. The van der Waals surface area contributed by atoms with Crippen molar-refractivity contribution in [1.82, 2.24) is 4.90 Å². The summed E-state index contributed by atoms with van der Waals surface area (Å²) in [4.78, 5) is 13.2. The van der Waals surface area contributed by atoms with Crippen LogP contribution < -0.4 is 0 Å². The van der Waals surface area contributed by atoms with Gasteiger partial charge in [-0.2, -0.15) is 0 Å². The van der Waals surface area contributed by atoms with Crippen molar-refractivity contribution in [1.29, 1.82) is 0 Å². The summed E-state index contributed by atoms with van der Waals surface area (Å²) in [5.74, 6) is -0.112. The molecule has 0 N–H and O–H groups in total. The highest BCUT2D eigenvalue weighted by Crippen LogP contribution is 2.10. The van der Waals surface area contributed by atoms with E-state index >= 15 is 0 Å². The Kier molecular flexibility index (Phi) is 6.70. The Morgan fingerprint density at radius 3 is 2.71 bits per heavy atom. The Hall–Kier alpha value is -1.03. The van der Waals surface area contributed by atoms with E-state index in [1.165, 1.54) is 12.8 Å². The predicted molar refractivity (Wildman–Crippen MR) is 66.6 cm³/mol. The van der Waals surface area contributed by atoms with E-state index in [1.54, 1.807) is 0 Å². The van der Waals surface area contributed by atoms with Crippen LogP contribution in [0.15, 0.2) is 11.8 Å². The molecule has 1 fully saturated rings. The molecule has 4 nitrogen and oxygen atoms in total. The molecular weight excluding hydrogens is 218 g/mol. The molecule has 0 saturated carbocycles. The molecule has 1 aliphatic heterocycles. The third-order valence-corrected chi connectivity index (χ3v) is 3.01. The van der Waals surface area contributed by atoms with Crippen LogP contribution in [0.4, 0.5) is 0 Å². The second-order valence-corrected chi connectivity index (χ2v) is 4.27. The highest BCUT2D eigenvalue weighted by molar-refractivity contribution is 5.68. The van der Waals surface area contributed by atoms with Gasteiger partial charge in [-0.05, 0) is 26.2 Å². The number of morpholine rings is 1. The fourth-order valence-corrected chi connectivity index (χ4v) is 1.87. The van der Waals surface area contributed by atoms with Crippen LogP contribution in [0.5, 0.6) is 0 Å². The zero-order valence-corrected chi connectivity index (χ0v) is 10.9. The van der Waals surface area contributed by atoms with Crippen LogP contribution in [-0.4, -0.2) is 44.3 Å². The van der Waals surface area contributed by atoms with E-state index in [4.69, 9.17) is 4.74 Å². The normalized spacial score (nSPS) is 17.1. The van der Waals surface area contributed by atoms with Crippen molar-refractivity contribution in [3.8, 4) is 0 Å². The van der Waals surface area contributed by atoms with Gasteiger partial charge in [-0.1, -0.05) is 6.08 Å². The number of nitrogens with zero attached hydrogens (tertiary/aromatic N) is 1. The molecule has 1 saturated heterocycles. The van der Waals surface area contributed by atoms with Gasteiger partial charge in [0.15, 0.2) is 0 Å². The fourth-order valence-electron chi connectivity index (χ4n) is 1.87. The van der Waals surface area contributed by atoms with Crippen LogP contribution in [-0.2, 0) is 14.3 Å². The maximum Gasteiger partial charge on any atom is 0.305 e. The van der Waals surface area contributed by atoms with Crippen LogP contribution in [0.2, 0.25) is 0 Å². The first-order valence-corrected chi connectivity index (χ1v) is 6.30. The minimum Gasteiger partial charge on any atom is -0.469 e. The lowest BCUT2D eigenvalue weighted by Crippen LogP contribution is -2.34. The molecule has 0 atom stereocenters. The van der Waals surface area contributed by atoms with Crippen molar-refractivity contribution in [2.45, 2.75) is 32.6 Å². The van der Waals surface area contributed by atoms with Gasteiger partial charge in [-0.3, -0.25) is 4.79 Å². The predicted octanol–water partition coefficient (Wildman–Crippen LogP) is 1.96. The van der Waals surface area contributed by atoms with Crippen molar-refractivity contribution in [3.63, 3.8) is 0 Å². The first-order chi connectivity index (χ1) is 8.24. The van der Waals surface area contributed by atoms with Gasteiger partial charge in [-0.15, -0.1) is 0 Å². The summed E-state index contributed by atoms with van der Waals surface area (Å²) in [6.07, 6.45) is 5.75. The van der Waals surface area contributed by atoms with Crippen molar-refractivity contribution in [2.24, 2.45) is 0 Å². The van der Waals surface area contributed by atoms with Gasteiger partial charge in [0, 0.05) is 25.2 Å². The van der Waals surface area contributed by atoms with Gasteiger partial charge < -0.3 is 14.4 Å². The standard InChI is InChI=1S/C13H23NO3/c1-12(14-8-10-17-11-9-14)6-4-3-5-7-13(15)16-2/h6H,3-5,7-11H2,1-2H3/b12-6+. The second kappa shape index (κ2) is 8.12. The first kappa shape index (κ1) is 14.0. The highest BCUT2D eigenvalue weighted by Gasteiger charge is 2.09. The number of carbonyl (C=O) groups is 1. The van der Waals surface area contributed by atoms with Crippen LogP contribution in [0.1, 0.15) is 32.6 Å². The minimum atomic E-state index is -0.112. The topological polar surface area (TPSA) is 38.8 Å². The van der Waals surface area contributed by atoms with E-state index in [0.717, 1.165) is 45.6 Å². The van der Waals surface area contributed by atoms with E-state index < -0.39 is 0 Å². The lowest BCUT2D eigenvalue weighted by Gasteiger charge is -2.29. The van der Waals surface area contributed by atoms with Crippen molar-refractivity contribution >= 4 is 5.97 Å². The number of unbranched alkanes of at least 4 members (excludes halogenated alkanes) is 2. The Morgan fingerprint density at radius 1 is 1.35 bits per heavy atom. The van der Waals surface area contributed by atoms with Crippen LogP contribution >= 0.6 is 0 Å². The summed E-state index contributed by atoms with van der Waals surface area (Å²) in [6, 6.07) is 0. The third-order valence-electron chi connectivity index (χ3n) is 3.01. The number of allylic oxidation sites excluding steroid dienone is 2. The Bertz CT molecular complexity index is 257. The van der Waals surface area contributed by atoms with Crippen molar-refractivity contribution < 1.29 is 14.3 Å². The Balaban J connectivity index is 2.12. The van der Waals surface area contributed by atoms with E-state index in [1.807, 2.05) is 0 Å². The van der Waals surface area contributed by atoms with Gasteiger partial charge in [0.25, 0.3) is 0 Å². The lowest BCUT2D eigenvalue weighted by molar-refractivity contribution is -0.140. The van der Waals surface area contributed by atoms with Crippen molar-refractivity contribution in [3.05, 3.63) is 11.8 Å². The van der Waals surface area contributed by atoms with E-state index in [9.17, 15) is 4.79 Å². The van der Waals surface area contributed by atoms with Gasteiger partial charge >= 0.3 is 5.97 Å². The number of hydrogen-bond donors (Lipinski definition) is 0. The van der Waals surface area contributed by atoms with Gasteiger partial charge in [0.1, 0.15) is 0 Å². The summed E-state index contributed by atoms with van der Waals surface area (Å²) < 4.78 is 9.91. The molecule has 0 aromatic carbocycles. The van der Waals surface area contributed by atoms with Crippen LogP contribution in [0.25, 0.3) is 0 Å². The highest BCUT2D eigenvalue weighted by atomic mass is 16.5. The maximum atomic E-state index is 10.9. The fraction of sp³-hybridized carbons (Fsp3) is 0.769. The lowest BCUT2D eigenvalue weighted by atomic mass is 10.1. The Morgan fingerprint density at radius 2 is 2.06 bits per heavy atom. The smallest absolute Gasteiger partial charge is 0.305 e. The zero-order chi connectivity index (χ0) is 12.5. The molecule has 0 unspecified atom stereocenters. The Labute approximate surface area is 104 Å². The quantitative estimate of drug-likeness (QED) is 0.526. The molecule has 17 heavy (non-hydrogen) atoms. The molecule has 0 aliphatic carbocycles. The van der Waals surface area contributed by atoms with Crippen LogP contribution in [0.3, 0.4) is 0 Å². The molecule has 4 heteroatoms. The molecule has 0 spiro atoms. The van der Waals surface area contributed by atoms with Crippen LogP contribution in [0, 0.1) is 0 Å². The molecule has 1 rings (SSSR count). The number of ether oxygens (including phenoxy) is 2. The average Bonchev–Trinajstić information content (AvgIpc) is 2.38. The molecule has 0 radical (unpaired) electrons. The number of esters is 1. The molecular formula is C13H23NO3. The summed E-state index contributed by atoms with van der Waals surface area (Å²) in [5.41, 5.74) is 1.33.